The van der Waals surface area contributed by atoms with Crippen LogP contribution in [0.1, 0.15) is 37.4 Å². The van der Waals surface area contributed by atoms with Gasteiger partial charge in [-0.05, 0) is 55.9 Å². The van der Waals surface area contributed by atoms with Crippen LogP contribution in [0.15, 0.2) is 42.0 Å². The molecule has 0 aliphatic carbocycles. The molecule has 37 heavy (non-hydrogen) atoms. The number of hydrogen-bond acceptors (Lipinski definition) is 8. The molecule has 0 spiro atoms. The van der Waals surface area contributed by atoms with Gasteiger partial charge in [-0.25, -0.2) is 0 Å². The molecule has 1 fully saturated rings. The molecular formula is C28H36N2O7. The predicted molar refractivity (Wildman–Crippen MR) is 141 cm³/mol. The van der Waals surface area contributed by atoms with Gasteiger partial charge in [0, 0.05) is 12.1 Å². The number of carbonyl (C=O) groups excluding carboxylic acids is 2. The van der Waals surface area contributed by atoms with Crippen molar-refractivity contribution < 1.29 is 33.6 Å². The third-order valence-corrected chi connectivity index (χ3v) is 6.65. The summed E-state index contributed by atoms with van der Waals surface area (Å²) in [7, 11) is 6.02. The number of aliphatic hydroxyl groups excluding tert-OH is 1. The van der Waals surface area contributed by atoms with Crippen molar-refractivity contribution in [1.82, 2.24) is 9.80 Å². The van der Waals surface area contributed by atoms with Gasteiger partial charge in [-0.1, -0.05) is 26.0 Å². The number of aliphatic hydroxyl groups is 1. The van der Waals surface area contributed by atoms with E-state index >= 15 is 0 Å². The number of ketones is 1. The van der Waals surface area contributed by atoms with E-state index < -0.39 is 17.7 Å². The first-order valence-electron chi connectivity index (χ1n) is 12.3. The molecule has 3 rings (SSSR count). The van der Waals surface area contributed by atoms with Gasteiger partial charge in [-0.3, -0.25) is 9.59 Å². The Hall–Kier alpha value is -3.72. The highest BCUT2D eigenvalue weighted by atomic mass is 16.5. The lowest BCUT2D eigenvalue weighted by Crippen LogP contribution is -2.33. The summed E-state index contributed by atoms with van der Waals surface area (Å²) in [6, 6.07) is 9.29. The van der Waals surface area contributed by atoms with E-state index in [-0.39, 0.29) is 11.3 Å². The molecule has 1 aliphatic heterocycles. The first kappa shape index (κ1) is 27.9. The molecule has 9 heteroatoms. The standard InChI is InChI=1S/C28H36N2O7/c1-7-29(8-2)13-10-14-30-24(19-16-21(35-4)27(37-6)22(17-19)36-5)23(26(32)28(30)33)25(31)18-11-9-12-20(15-18)34-3/h9,11-12,15-17,24,31H,7-8,10,13-14H2,1-6H3/b25-23+. The second-order valence-corrected chi connectivity index (χ2v) is 8.56. The first-order chi connectivity index (χ1) is 17.8. The molecule has 1 unspecified atom stereocenters. The molecule has 1 heterocycles. The summed E-state index contributed by atoms with van der Waals surface area (Å²) >= 11 is 0. The van der Waals surface area contributed by atoms with Crippen LogP contribution in [0.5, 0.6) is 23.0 Å². The van der Waals surface area contributed by atoms with Gasteiger partial charge in [0.05, 0.1) is 40.1 Å². The van der Waals surface area contributed by atoms with E-state index in [9.17, 15) is 14.7 Å². The Morgan fingerprint density at radius 2 is 1.59 bits per heavy atom. The van der Waals surface area contributed by atoms with E-state index in [0.717, 1.165) is 19.6 Å². The van der Waals surface area contributed by atoms with Gasteiger partial charge in [-0.2, -0.15) is 0 Å². The highest BCUT2D eigenvalue weighted by molar-refractivity contribution is 6.46. The molecule has 0 bridgehead atoms. The van der Waals surface area contributed by atoms with E-state index in [0.29, 0.717) is 47.1 Å². The minimum atomic E-state index is -0.850. The highest BCUT2D eigenvalue weighted by Crippen LogP contribution is 2.45. The third-order valence-electron chi connectivity index (χ3n) is 6.65. The molecule has 9 nitrogen and oxygen atoms in total. The molecule has 1 atom stereocenters. The van der Waals surface area contributed by atoms with Crippen molar-refractivity contribution in [3.63, 3.8) is 0 Å². The van der Waals surface area contributed by atoms with E-state index in [1.165, 1.54) is 33.3 Å². The van der Waals surface area contributed by atoms with Gasteiger partial charge in [-0.15, -0.1) is 0 Å². The highest BCUT2D eigenvalue weighted by Gasteiger charge is 2.46. The number of nitrogens with zero attached hydrogens (tertiary/aromatic N) is 2. The minimum Gasteiger partial charge on any atom is -0.507 e. The Morgan fingerprint density at radius 1 is 0.946 bits per heavy atom. The third kappa shape index (κ3) is 5.67. The zero-order valence-corrected chi connectivity index (χ0v) is 22.4. The maximum absolute atomic E-state index is 13.4. The molecular weight excluding hydrogens is 476 g/mol. The zero-order valence-electron chi connectivity index (χ0n) is 22.4. The number of hydrogen-bond donors (Lipinski definition) is 1. The van der Waals surface area contributed by atoms with Gasteiger partial charge in [0.15, 0.2) is 11.5 Å². The summed E-state index contributed by atoms with van der Waals surface area (Å²) in [6.45, 7) is 7.05. The van der Waals surface area contributed by atoms with Gasteiger partial charge < -0.3 is 33.9 Å². The summed E-state index contributed by atoms with van der Waals surface area (Å²) in [4.78, 5) is 30.4. The van der Waals surface area contributed by atoms with Crippen LogP contribution in [-0.2, 0) is 9.59 Å². The lowest BCUT2D eigenvalue weighted by Gasteiger charge is -2.27. The van der Waals surface area contributed by atoms with Gasteiger partial charge >= 0.3 is 0 Å². The van der Waals surface area contributed by atoms with Crippen LogP contribution >= 0.6 is 0 Å². The molecule has 2 aromatic carbocycles. The average molecular weight is 513 g/mol. The molecule has 0 aromatic heterocycles. The number of benzene rings is 2. The summed E-state index contributed by atoms with van der Waals surface area (Å²) in [6.07, 6.45) is 0.662. The van der Waals surface area contributed by atoms with Crippen molar-refractivity contribution >= 4 is 17.4 Å². The fourth-order valence-corrected chi connectivity index (χ4v) is 4.65. The molecule has 0 saturated carbocycles. The Kier molecular flexibility index (Phi) is 9.41. The number of likely N-dealkylation sites (tertiary alicyclic amines) is 1. The number of carbonyl (C=O) groups is 2. The molecule has 1 amide bonds. The van der Waals surface area contributed by atoms with E-state index in [2.05, 4.69) is 18.7 Å². The van der Waals surface area contributed by atoms with E-state index in [4.69, 9.17) is 18.9 Å². The fourth-order valence-electron chi connectivity index (χ4n) is 4.65. The molecule has 200 valence electrons. The summed E-state index contributed by atoms with van der Waals surface area (Å²) in [5.74, 6) is -0.0207. The Labute approximate surface area is 218 Å². The van der Waals surface area contributed by atoms with Gasteiger partial charge in [0.2, 0.25) is 5.75 Å². The van der Waals surface area contributed by atoms with Crippen LogP contribution in [-0.4, -0.2) is 81.2 Å². The molecule has 2 aromatic rings. The van der Waals surface area contributed by atoms with Crippen molar-refractivity contribution in [3.05, 3.63) is 53.1 Å². The van der Waals surface area contributed by atoms with Crippen molar-refractivity contribution in [2.24, 2.45) is 0 Å². The van der Waals surface area contributed by atoms with E-state index in [1.807, 2.05) is 0 Å². The SMILES string of the molecule is CCN(CC)CCCN1C(=O)C(=O)/C(=C(/O)c2cccc(OC)c2)C1c1cc(OC)c(OC)c(OC)c1. The van der Waals surface area contributed by atoms with Crippen LogP contribution in [0.4, 0.5) is 0 Å². The van der Waals surface area contributed by atoms with Gasteiger partial charge in [0.1, 0.15) is 11.5 Å². The van der Waals surface area contributed by atoms with Crippen LogP contribution in [0, 0.1) is 0 Å². The lowest BCUT2D eigenvalue weighted by atomic mass is 9.94. The largest absolute Gasteiger partial charge is 0.507 e. The van der Waals surface area contributed by atoms with Crippen molar-refractivity contribution in [2.75, 3.05) is 54.6 Å². The normalized spacial score (nSPS) is 16.8. The quantitative estimate of drug-likeness (QED) is 0.260. The maximum atomic E-state index is 13.4. The van der Waals surface area contributed by atoms with Crippen LogP contribution in [0.2, 0.25) is 0 Å². The van der Waals surface area contributed by atoms with Crippen molar-refractivity contribution in [3.8, 4) is 23.0 Å². The van der Waals surface area contributed by atoms with Crippen LogP contribution in [0.3, 0.4) is 0 Å². The van der Waals surface area contributed by atoms with Crippen molar-refractivity contribution in [2.45, 2.75) is 26.3 Å². The number of rotatable bonds is 12. The van der Waals surface area contributed by atoms with Crippen LogP contribution in [0.25, 0.3) is 5.76 Å². The lowest BCUT2D eigenvalue weighted by molar-refractivity contribution is -0.140. The zero-order chi connectivity index (χ0) is 27.1. The molecule has 1 aliphatic rings. The second-order valence-electron chi connectivity index (χ2n) is 8.56. The fraction of sp³-hybridized carbons (Fsp3) is 0.429. The topological polar surface area (TPSA) is 97.8 Å². The van der Waals surface area contributed by atoms with Crippen LogP contribution < -0.4 is 18.9 Å². The monoisotopic (exact) mass is 512 g/mol. The maximum Gasteiger partial charge on any atom is 0.295 e. The summed E-state index contributed by atoms with van der Waals surface area (Å²) in [5, 5.41) is 11.4. The average Bonchev–Trinajstić information content (AvgIpc) is 3.18. The summed E-state index contributed by atoms with van der Waals surface area (Å²) < 4.78 is 21.8. The van der Waals surface area contributed by atoms with E-state index in [1.54, 1.807) is 36.4 Å². The number of amides is 1. The first-order valence-corrected chi connectivity index (χ1v) is 12.3. The molecule has 1 saturated heterocycles. The second kappa shape index (κ2) is 12.5. The number of methoxy groups -OCH3 is 4. The number of Topliss-reactive ketones (excluding diaryl/α,β-unsaturated/α-hetero) is 1. The Balaban J connectivity index is 2.18. The smallest absolute Gasteiger partial charge is 0.295 e. The Morgan fingerprint density at radius 3 is 2.14 bits per heavy atom. The predicted octanol–water partition coefficient (Wildman–Crippen LogP) is 3.87. The van der Waals surface area contributed by atoms with Crippen molar-refractivity contribution in [1.29, 1.82) is 0 Å². The van der Waals surface area contributed by atoms with Gasteiger partial charge in [0.25, 0.3) is 11.7 Å². The molecule has 0 radical (unpaired) electrons. The number of ether oxygens (including phenoxy) is 4. The minimum absolute atomic E-state index is 0.00429. The Bertz CT molecular complexity index is 1130. The summed E-state index contributed by atoms with van der Waals surface area (Å²) in [5.41, 5.74) is 0.925. The molecule has 1 N–H and O–H groups in total.